The van der Waals surface area contributed by atoms with Crippen molar-refractivity contribution < 1.29 is 4.39 Å². The van der Waals surface area contributed by atoms with E-state index < -0.39 is 5.67 Å². The van der Waals surface area contributed by atoms with Crippen LogP contribution in [0.3, 0.4) is 0 Å². The molecule has 1 nitrogen and oxygen atoms in total. The van der Waals surface area contributed by atoms with E-state index in [-0.39, 0.29) is 0 Å². The van der Waals surface area contributed by atoms with E-state index in [1.54, 1.807) is 0 Å². The summed E-state index contributed by atoms with van der Waals surface area (Å²) in [6, 6.07) is 0. The first-order valence-electron chi connectivity index (χ1n) is 6.10. The Kier molecular flexibility index (Phi) is 3.10. The summed E-state index contributed by atoms with van der Waals surface area (Å²) < 4.78 is 14.6. The van der Waals surface area contributed by atoms with Crippen molar-refractivity contribution in [1.29, 1.82) is 0 Å². The van der Waals surface area contributed by atoms with E-state index in [1.165, 1.54) is 12.8 Å². The highest BCUT2D eigenvalue weighted by molar-refractivity contribution is 4.94. The largest absolute Gasteiger partial charge is 0.314 e. The van der Waals surface area contributed by atoms with E-state index in [9.17, 15) is 4.39 Å². The van der Waals surface area contributed by atoms with E-state index in [2.05, 4.69) is 12.2 Å². The molecule has 1 saturated carbocycles. The van der Waals surface area contributed by atoms with Gasteiger partial charge in [-0.2, -0.15) is 0 Å². The van der Waals surface area contributed by atoms with Gasteiger partial charge in [0.1, 0.15) is 5.67 Å². The Morgan fingerprint density at radius 2 is 2.14 bits per heavy atom. The van der Waals surface area contributed by atoms with Crippen LogP contribution in [0.25, 0.3) is 0 Å². The van der Waals surface area contributed by atoms with E-state index >= 15 is 0 Å². The van der Waals surface area contributed by atoms with Gasteiger partial charge in [-0.05, 0) is 44.1 Å². The first kappa shape index (κ1) is 10.4. The van der Waals surface area contributed by atoms with Crippen molar-refractivity contribution >= 4 is 0 Å². The lowest BCUT2D eigenvalue weighted by Gasteiger charge is -2.40. The molecule has 14 heavy (non-hydrogen) atoms. The Hall–Kier alpha value is -0.110. The molecule has 0 amide bonds. The highest BCUT2D eigenvalue weighted by Crippen LogP contribution is 2.40. The molecule has 2 aliphatic rings. The van der Waals surface area contributed by atoms with Gasteiger partial charge in [0.2, 0.25) is 0 Å². The molecule has 1 heterocycles. The van der Waals surface area contributed by atoms with Crippen molar-refractivity contribution in [3.8, 4) is 0 Å². The smallest absolute Gasteiger partial charge is 0.126 e. The molecule has 0 radical (unpaired) electrons. The third kappa shape index (κ3) is 2.10. The summed E-state index contributed by atoms with van der Waals surface area (Å²) in [5, 5.41) is 3.21. The fourth-order valence-corrected chi connectivity index (χ4v) is 3.14. The minimum absolute atomic E-state index is 0.332. The molecule has 0 spiro atoms. The van der Waals surface area contributed by atoms with Crippen LogP contribution in [0, 0.1) is 11.8 Å². The fourth-order valence-electron chi connectivity index (χ4n) is 3.14. The molecule has 2 rings (SSSR count). The Bertz CT molecular complexity index is 187. The zero-order valence-electron chi connectivity index (χ0n) is 9.19. The molecule has 0 aromatic rings. The maximum Gasteiger partial charge on any atom is 0.126 e. The summed E-state index contributed by atoms with van der Waals surface area (Å²) in [6.45, 7) is 3.88. The van der Waals surface area contributed by atoms with Gasteiger partial charge in [-0.1, -0.05) is 19.8 Å². The minimum Gasteiger partial charge on any atom is -0.314 e. The molecule has 0 aromatic heterocycles. The van der Waals surface area contributed by atoms with E-state index in [1.807, 2.05) is 0 Å². The van der Waals surface area contributed by atoms with Crippen LogP contribution in [-0.4, -0.2) is 18.8 Å². The molecular weight excluding hydrogens is 177 g/mol. The van der Waals surface area contributed by atoms with Gasteiger partial charge in [0.05, 0.1) is 0 Å². The zero-order valence-corrected chi connectivity index (χ0v) is 9.19. The highest BCUT2D eigenvalue weighted by atomic mass is 19.1. The van der Waals surface area contributed by atoms with Crippen LogP contribution >= 0.6 is 0 Å². The number of halogens is 1. The molecule has 3 atom stereocenters. The Morgan fingerprint density at radius 3 is 2.79 bits per heavy atom. The first-order chi connectivity index (χ1) is 6.71. The quantitative estimate of drug-likeness (QED) is 0.684. The number of alkyl halides is 1. The minimum atomic E-state index is -0.882. The molecule has 1 aliphatic carbocycles. The van der Waals surface area contributed by atoms with Gasteiger partial charge in [-0.25, -0.2) is 4.39 Å². The van der Waals surface area contributed by atoms with Gasteiger partial charge in [-0.15, -0.1) is 0 Å². The van der Waals surface area contributed by atoms with Crippen molar-refractivity contribution in [3.63, 3.8) is 0 Å². The standard InChI is InChI=1S/C12H22FN/c1-10-4-2-5-11(8-10)12(13)6-3-7-14-9-12/h10-11,14H,2-9H2,1H3. The lowest BCUT2D eigenvalue weighted by atomic mass is 9.71. The van der Waals surface area contributed by atoms with E-state index in [0.717, 1.165) is 38.1 Å². The molecule has 1 N–H and O–H groups in total. The number of hydrogen-bond acceptors (Lipinski definition) is 1. The Balaban J connectivity index is 1.97. The van der Waals surface area contributed by atoms with E-state index in [0.29, 0.717) is 12.5 Å². The first-order valence-corrected chi connectivity index (χ1v) is 6.10. The number of hydrogen-bond donors (Lipinski definition) is 1. The predicted octanol–water partition coefficient (Wildman–Crippen LogP) is 2.90. The second kappa shape index (κ2) is 4.18. The lowest BCUT2D eigenvalue weighted by molar-refractivity contribution is 0.0211. The van der Waals surface area contributed by atoms with Crippen LogP contribution in [0.1, 0.15) is 45.4 Å². The van der Waals surface area contributed by atoms with Crippen molar-refractivity contribution in [2.24, 2.45) is 11.8 Å². The van der Waals surface area contributed by atoms with Crippen LogP contribution in [0.15, 0.2) is 0 Å². The summed E-state index contributed by atoms with van der Waals surface area (Å²) in [7, 11) is 0. The molecule has 3 unspecified atom stereocenters. The van der Waals surface area contributed by atoms with Gasteiger partial charge >= 0.3 is 0 Å². The average molecular weight is 199 g/mol. The third-order valence-electron chi connectivity index (χ3n) is 4.03. The maximum absolute atomic E-state index is 14.6. The second-order valence-corrected chi connectivity index (χ2v) is 5.28. The molecule has 0 bridgehead atoms. The normalized spacial score (nSPS) is 45.0. The number of rotatable bonds is 1. The summed E-state index contributed by atoms with van der Waals surface area (Å²) in [6.07, 6.45) is 6.57. The van der Waals surface area contributed by atoms with Gasteiger partial charge in [-0.3, -0.25) is 0 Å². The lowest BCUT2D eigenvalue weighted by Crippen LogP contribution is -2.48. The molecule has 1 aliphatic heterocycles. The molecule has 2 heteroatoms. The van der Waals surface area contributed by atoms with Crippen molar-refractivity contribution in [3.05, 3.63) is 0 Å². The summed E-state index contributed by atoms with van der Waals surface area (Å²) in [5.41, 5.74) is -0.882. The van der Waals surface area contributed by atoms with Crippen molar-refractivity contribution in [1.82, 2.24) is 5.32 Å². The number of nitrogens with one attached hydrogen (secondary N) is 1. The highest BCUT2D eigenvalue weighted by Gasteiger charge is 2.41. The topological polar surface area (TPSA) is 12.0 Å². The average Bonchev–Trinajstić information content (AvgIpc) is 2.19. The molecular formula is C12H22FN. The monoisotopic (exact) mass is 199 g/mol. The maximum atomic E-state index is 14.6. The molecule has 1 saturated heterocycles. The van der Waals surface area contributed by atoms with Gasteiger partial charge in [0.15, 0.2) is 0 Å². The van der Waals surface area contributed by atoms with Crippen LogP contribution in [0.4, 0.5) is 4.39 Å². The Morgan fingerprint density at radius 1 is 1.29 bits per heavy atom. The van der Waals surface area contributed by atoms with Crippen LogP contribution in [0.2, 0.25) is 0 Å². The second-order valence-electron chi connectivity index (χ2n) is 5.28. The third-order valence-corrected chi connectivity index (χ3v) is 4.03. The SMILES string of the molecule is CC1CCCC(C2(F)CCCNC2)C1. The van der Waals surface area contributed by atoms with E-state index in [4.69, 9.17) is 0 Å². The van der Waals surface area contributed by atoms with Gasteiger partial charge in [0, 0.05) is 6.54 Å². The van der Waals surface area contributed by atoms with Crippen molar-refractivity contribution in [2.45, 2.75) is 51.1 Å². The Labute approximate surface area is 86.5 Å². The van der Waals surface area contributed by atoms with Crippen molar-refractivity contribution in [2.75, 3.05) is 13.1 Å². The predicted molar refractivity (Wildman–Crippen MR) is 57.1 cm³/mol. The van der Waals surface area contributed by atoms with Gasteiger partial charge < -0.3 is 5.32 Å². The van der Waals surface area contributed by atoms with Crippen LogP contribution in [0.5, 0.6) is 0 Å². The van der Waals surface area contributed by atoms with Gasteiger partial charge in [0.25, 0.3) is 0 Å². The van der Waals surface area contributed by atoms with Crippen LogP contribution in [-0.2, 0) is 0 Å². The molecule has 82 valence electrons. The summed E-state index contributed by atoms with van der Waals surface area (Å²) >= 11 is 0. The van der Waals surface area contributed by atoms with Crippen LogP contribution < -0.4 is 5.32 Å². The zero-order chi connectivity index (χ0) is 10.0. The summed E-state index contributed by atoms with van der Waals surface area (Å²) in [5.74, 6) is 1.07. The fraction of sp³-hybridized carbons (Fsp3) is 1.00. The summed E-state index contributed by atoms with van der Waals surface area (Å²) in [4.78, 5) is 0. The molecule has 2 fully saturated rings. The number of piperidine rings is 1. The molecule has 0 aromatic carbocycles.